The van der Waals surface area contributed by atoms with Crippen LogP contribution in [0.15, 0.2) is 0 Å². The van der Waals surface area contributed by atoms with Gasteiger partial charge in [-0.25, -0.2) is 8.78 Å². The fourth-order valence-corrected chi connectivity index (χ4v) is 15.4. The second-order valence-corrected chi connectivity index (χ2v) is 22.9. The van der Waals surface area contributed by atoms with Gasteiger partial charge in [-0.2, -0.15) is 0 Å². The van der Waals surface area contributed by atoms with Gasteiger partial charge in [-0.15, -0.1) is 0 Å². The van der Waals surface area contributed by atoms with Crippen LogP contribution >= 0.6 is 0 Å². The molecule has 8 saturated carbocycles. The van der Waals surface area contributed by atoms with Gasteiger partial charge in [0.2, 0.25) is 0 Å². The van der Waals surface area contributed by atoms with Gasteiger partial charge in [0.05, 0.1) is 0 Å². The van der Waals surface area contributed by atoms with Crippen molar-refractivity contribution in [3.63, 3.8) is 0 Å². The highest BCUT2D eigenvalue weighted by molar-refractivity contribution is 4.93. The average molecular weight is 817 g/mol. The van der Waals surface area contributed by atoms with Crippen LogP contribution in [0.5, 0.6) is 0 Å². The number of hydrogen-bond donors (Lipinski definition) is 0. The molecule has 0 heterocycles. The summed E-state index contributed by atoms with van der Waals surface area (Å²) in [6, 6.07) is 0. The van der Waals surface area contributed by atoms with Crippen molar-refractivity contribution >= 4 is 0 Å². The van der Waals surface area contributed by atoms with Gasteiger partial charge in [-0.05, 0) is 236 Å². The first kappa shape index (κ1) is 49.4. The molecule has 8 aliphatic rings. The van der Waals surface area contributed by atoms with Crippen molar-refractivity contribution in [2.24, 2.45) is 94.7 Å². The van der Waals surface area contributed by atoms with Crippen molar-refractivity contribution < 1.29 is 32.3 Å². The standard InChI is InChI=1S/2C26H45F.3H2O.5H2/c2*1-18-3-7-20(8-4-18)21-11-13-23(14-12-21)25-16-15-24(17-26(25)27)22-9-5-19(2)6-10-22;;;;;;;;/h2*18-26H,3-17H2,1-2H3;3*1H2;5*1H. The summed E-state index contributed by atoms with van der Waals surface area (Å²) in [5.74, 6) is 13.1. The van der Waals surface area contributed by atoms with Crippen LogP contribution in [0.1, 0.15) is 227 Å². The lowest BCUT2D eigenvalue weighted by Crippen LogP contribution is -2.37. The van der Waals surface area contributed by atoms with Gasteiger partial charge in [0.15, 0.2) is 0 Å². The predicted molar refractivity (Wildman–Crippen MR) is 248 cm³/mol. The Bertz CT molecular complexity index is 996. The van der Waals surface area contributed by atoms with Gasteiger partial charge in [0, 0.05) is 7.13 Å². The second kappa shape index (κ2) is 23.8. The molecule has 3 nitrogen and oxygen atoms in total. The summed E-state index contributed by atoms with van der Waals surface area (Å²) in [5.41, 5.74) is 0. The molecule has 57 heavy (non-hydrogen) atoms. The monoisotopic (exact) mass is 817 g/mol. The Morgan fingerprint density at radius 1 is 0.246 bits per heavy atom. The molecule has 8 fully saturated rings. The van der Waals surface area contributed by atoms with Gasteiger partial charge in [0.25, 0.3) is 0 Å². The first-order valence-corrected chi connectivity index (χ1v) is 25.5. The van der Waals surface area contributed by atoms with Crippen LogP contribution in [-0.4, -0.2) is 28.8 Å². The second-order valence-electron chi connectivity index (χ2n) is 22.9. The van der Waals surface area contributed by atoms with Crippen LogP contribution in [0.25, 0.3) is 0 Å². The Hall–Kier alpha value is -0.260. The van der Waals surface area contributed by atoms with E-state index in [0.717, 1.165) is 72.0 Å². The number of rotatable bonds is 6. The fraction of sp³-hybridized carbons (Fsp3) is 1.00. The molecule has 0 amide bonds. The van der Waals surface area contributed by atoms with E-state index in [-0.39, 0.29) is 23.6 Å². The van der Waals surface area contributed by atoms with E-state index in [4.69, 9.17) is 0 Å². The summed E-state index contributed by atoms with van der Waals surface area (Å²) in [4.78, 5) is 0. The Morgan fingerprint density at radius 2 is 0.421 bits per heavy atom. The van der Waals surface area contributed by atoms with Crippen molar-refractivity contribution in [3.8, 4) is 0 Å². The zero-order chi connectivity index (χ0) is 37.6. The molecule has 0 aromatic carbocycles. The van der Waals surface area contributed by atoms with Crippen molar-refractivity contribution in [2.45, 2.75) is 233 Å². The molecule has 0 aromatic heterocycles. The highest BCUT2D eigenvalue weighted by Gasteiger charge is 2.42. The van der Waals surface area contributed by atoms with Gasteiger partial charge in [0.1, 0.15) is 12.3 Å². The number of halogens is 2. The maximum atomic E-state index is 15.2. The molecule has 0 saturated heterocycles. The van der Waals surface area contributed by atoms with E-state index in [2.05, 4.69) is 27.7 Å². The fourth-order valence-electron chi connectivity index (χ4n) is 15.4. The van der Waals surface area contributed by atoms with Crippen LogP contribution in [0.3, 0.4) is 0 Å². The first-order valence-electron chi connectivity index (χ1n) is 25.5. The van der Waals surface area contributed by atoms with Crippen molar-refractivity contribution in [2.75, 3.05) is 0 Å². The van der Waals surface area contributed by atoms with Crippen molar-refractivity contribution in [1.82, 2.24) is 0 Å². The molecule has 346 valence electrons. The lowest BCUT2D eigenvalue weighted by Gasteiger charge is -2.44. The third-order valence-corrected chi connectivity index (χ3v) is 19.5. The first-order chi connectivity index (χ1) is 26.2. The highest BCUT2D eigenvalue weighted by atomic mass is 19.1. The largest absolute Gasteiger partial charge is 0.412 e. The van der Waals surface area contributed by atoms with Crippen LogP contribution in [-0.2, 0) is 0 Å². The summed E-state index contributed by atoms with van der Waals surface area (Å²) in [6.45, 7) is 9.65. The van der Waals surface area contributed by atoms with E-state index < -0.39 is 12.3 Å². The maximum absolute atomic E-state index is 15.2. The molecule has 0 radical (unpaired) electrons. The van der Waals surface area contributed by atoms with Crippen molar-refractivity contribution in [1.29, 1.82) is 0 Å². The molecule has 6 atom stereocenters. The lowest BCUT2D eigenvalue weighted by molar-refractivity contribution is 0.0272. The summed E-state index contributed by atoms with van der Waals surface area (Å²) < 4.78 is 30.4. The summed E-state index contributed by atoms with van der Waals surface area (Å²) in [7, 11) is 0. The molecule has 5 heteroatoms. The molecule has 0 aromatic rings. The maximum Gasteiger partial charge on any atom is 0.103 e. The number of hydrogen-bond acceptors (Lipinski definition) is 0. The minimum absolute atomic E-state index is 0. The summed E-state index contributed by atoms with van der Waals surface area (Å²) in [6.07, 6.45) is 39.8. The van der Waals surface area contributed by atoms with Crippen LogP contribution in [0.4, 0.5) is 8.78 Å². The van der Waals surface area contributed by atoms with E-state index in [9.17, 15) is 0 Å². The Balaban J connectivity index is 0. The zero-order valence-electron chi connectivity index (χ0n) is 37.9. The van der Waals surface area contributed by atoms with Gasteiger partial charge >= 0.3 is 0 Å². The van der Waals surface area contributed by atoms with E-state index in [1.54, 1.807) is 0 Å². The number of alkyl halides is 2. The molecule has 0 aliphatic heterocycles. The molecule has 0 spiro atoms. The van der Waals surface area contributed by atoms with Gasteiger partial charge < -0.3 is 16.4 Å². The predicted octanol–water partition coefficient (Wildman–Crippen LogP) is 15.2. The average Bonchev–Trinajstić information content (AvgIpc) is 3.19. The molecule has 6 N–H and O–H groups in total. The lowest BCUT2D eigenvalue weighted by atomic mass is 9.62. The summed E-state index contributed by atoms with van der Waals surface area (Å²) in [5, 5.41) is 0. The molecule has 6 unspecified atom stereocenters. The smallest absolute Gasteiger partial charge is 0.103 e. The van der Waals surface area contributed by atoms with E-state index >= 15 is 8.78 Å². The molecule has 8 rings (SSSR count). The van der Waals surface area contributed by atoms with Crippen LogP contribution in [0.2, 0.25) is 0 Å². The van der Waals surface area contributed by atoms with Crippen LogP contribution < -0.4 is 0 Å². The topological polar surface area (TPSA) is 94.5 Å². The molecule has 0 bridgehead atoms. The molecular formula is C52H106F2O3. The minimum Gasteiger partial charge on any atom is -0.412 e. The van der Waals surface area contributed by atoms with E-state index in [1.165, 1.54) is 180 Å². The molecule has 8 aliphatic carbocycles. The quantitative estimate of drug-likeness (QED) is 0.255. The van der Waals surface area contributed by atoms with E-state index in [0.29, 0.717) is 35.5 Å². The highest BCUT2D eigenvalue weighted by Crippen LogP contribution is 2.51. The van der Waals surface area contributed by atoms with E-state index in [1.807, 2.05) is 0 Å². The van der Waals surface area contributed by atoms with Gasteiger partial charge in [-0.3, -0.25) is 0 Å². The Labute approximate surface area is 359 Å². The normalized spacial score (nSPS) is 47.1. The SMILES string of the molecule is CC1CCC(C2CCC(C3CCC(C4CCC(C)CC4)CC3F)CC2)CC1.CC1CCC(C2CCC(C3CCC(C4CCC(C)CC4)CC3F)CC2)CC1.O.O.O.[HH].[HH].[HH].[HH].[HH]. The van der Waals surface area contributed by atoms with Crippen molar-refractivity contribution in [3.05, 3.63) is 0 Å². The zero-order valence-corrected chi connectivity index (χ0v) is 37.9. The van der Waals surface area contributed by atoms with Crippen LogP contribution in [0, 0.1) is 94.7 Å². The van der Waals surface area contributed by atoms with Gasteiger partial charge in [-0.1, -0.05) is 79.1 Å². The Morgan fingerprint density at radius 3 is 0.649 bits per heavy atom. The minimum atomic E-state index is -0.486. The third kappa shape index (κ3) is 13.4. The molecular weight excluding hydrogens is 711 g/mol. The Kier molecular flexibility index (Phi) is 20.6. The summed E-state index contributed by atoms with van der Waals surface area (Å²) >= 11 is 0. The third-order valence-electron chi connectivity index (χ3n) is 19.5.